The first kappa shape index (κ1) is 16.8. The summed E-state index contributed by atoms with van der Waals surface area (Å²) in [7, 11) is 0. The topological polar surface area (TPSA) is 92.1 Å². The molecule has 4 rings (SSSR count). The second-order valence-electron chi connectivity index (χ2n) is 7.13. The molecule has 2 atom stereocenters. The van der Waals surface area contributed by atoms with E-state index in [1.54, 1.807) is 12.4 Å². The number of hydrogen-bond acceptors (Lipinski definition) is 5. The highest BCUT2D eigenvalue weighted by Gasteiger charge is 2.25. The number of nitrogens with one attached hydrogen (secondary N) is 3. The lowest BCUT2D eigenvalue weighted by atomic mass is 9.90. The Bertz CT molecular complexity index is 792. The average Bonchev–Trinajstić information content (AvgIpc) is 2.64. The maximum atomic E-state index is 12.4. The molecule has 2 aliphatic rings. The average molecular weight is 351 g/mol. The third kappa shape index (κ3) is 3.51. The van der Waals surface area contributed by atoms with Gasteiger partial charge in [0.25, 0.3) is 5.91 Å². The van der Waals surface area contributed by atoms with Crippen molar-refractivity contribution < 1.29 is 4.79 Å². The first-order chi connectivity index (χ1) is 12.7. The smallest absolute Gasteiger partial charge is 0.253 e. The van der Waals surface area contributed by atoms with Crippen LogP contribution in [0.1, 0.15) is 41.6 Å². The van der Waals surface area contributed by atoms with Crippen LogP contribution in [-0.2, 0) is 6.42 Å². The minimum atomic E-state index is -0.0291. The molecule has 2 heterocycles. The number of anilines is 3. The summed E-state index contributed by atoms with van der Waals surface area (Å²) in [4.78, 5) is 16.6. The van der Waals surface area contributed by atoms with Gasteiger partial charge in [0.05, 0.1) is 23.1 Å². The van der Waals surface area contributed by atoms with Crippen molar-refractivity contribution in [2.75, 3.05) is 17.2 Å². The molecule has 6 nitrogen and oxygen atoms in total. The van der Waals surface area contributed by atoms with Gasteiger partial charge in [-0.05, 0) is 49.1 Å². The van der Waals surface area contributed by atoms with Crippen molar-refractivity contribution in [2.45, 2.75) is 44.2 Å². The molecular weight excluding hydrogens is 326 g/mol. The fourth-order valence-electron chi connectivity index (χ4n) is 3.89. The fourth-order valence-corrected chi connectivity index (χ4v) is 3.89. The van der Waals surface area contributed by atoms with Crippen LogP contribution in [0.15, 0.2) is 36.7 Å². The van der Waals surface area contributed by atoms with E-state index < -0.39 is 0 Å². The molecule has 1 aliphatic heterocycles. The van der Waals surface area contributed by atoms with Crippen LogP contribution in [0, 0.1) is 0 Å². The van der Waals surface area contributed by atoms with Gasteiger partial charge in [-0.1, -0.05) is 12.8 Å². The molecule has 0 spiro atoms. The van der Waals surface area contributed by atoms with E-state index in [4.69, 9.17) is 5.73 Å². The molecule has 1 fully saturated rings. The minimum Gasteiger partial charge on any atom is -0.381 e. The summed E-state index contributed by atoms with van der Waals surface area (Å²) in [5, 5.41) is 9.90. The van der Waals surface area contributed by atoms with E-state index in [-0.39, 0.29) is 18.0 Å². The van der Waals surface area contributed by atoms with E-state index in [9.17, 15) is 4.79 Å². The monoisotopic (exact) mass is 351 g/mol. The Morgan fingerprint density at radius 2 is 2.08 bits per heavy atom. The third-order valence-corrected chi connectivity index (χ3v) is 5.24. The number of nitrogens with zero attached hydrogens (tertiary/aromatic N) is 1. The number of fused-ring (bicyclic) bond motifs is 1. The lowest BCUT2D eigenvalue weighted by molar-refractivity contribution is 0.0947. The van der Waals surface area contributed by atoms with Crippen molar-refractivity contribution in [1.82, 2.24) is 10.3 Å². The highest BCUT2D eigenvalue weighted by molar-refractivity contribution is 6.03. The zero-order valence-electron chi connectivity index (χ0n) is 14.8. The molecule has 0 saturated heterocycles. The van der Waals surface area contributed by atoms with Crippen molar-refractivity contribution in [3.8, 4) is 0 Å². The maximum absolute atomic E-state index is 12.4. The van der Waals surface area contributed by atoms with Gasteiger partial charge in [0.1, 0.15) is 0 Å². The number of pyridine rings is 1. The van der Waals surface area contributed by atoms with Crippen LogP contribution in [0.5, 0.6) is 0 Å². The Kier molecular flexibility index (Phi) is 4.75. The highest BCUT2D eigenvalue weighted by Crippen LogP contribution is 2.31. The normalized spacial score (nSPS) is 22.3. The van der Waals surface area contributed by atoms with Crippen LogP contribution >= 0.6 is 0 Å². The largest absolute Gasteiger partial charge is 0.381 e. The Hall–Kier alpha value is -2.60. The Balaban J connectivity index is 1.67. The molecule has 1 aliphatic carbocycles. The maximum Gasteiger partial charge on any atom is 0.253 e. The van der Waals surface area contributed by atoms with Crippen LogP contribution in [0.3, 0.4) is 0 Å². The molecule has 136 valence electrons. The number of aromatic nitrogens is 1. The second kappa shape index (κ2) is 7.33. The van der Waals surface area contributed by atoms with Gasteiger partial charge in [0.2, 0.25) is 0 Å². The molecule has 0 radical (unpaired) electrons. The number of nitrogens with two attached hydrogens (primary N) is 1. The summed E-state index contributed by atoms with van der Waals surface area (Å²) in [6.45, 7) is 0.671. The molecule has 6 heteroatoms. The molecule has 1 aromatic carbocycles. The van der Waals surface area contributed by atoms with E-state index in [1.165, 1.54) is 12.8 Å². The number of rotatable bonds is 4. The van der Waals surface area contributed by atoms with Crippen LogP contribution in [0.2, 0.25) is 0 Å². The number of carbonyl (C=O) groups excluding carboxylic acids is 1. The van der Waals surface area contributed by atoms with Crippen LogP contribution in [0.25, 0.3) is 0 Å². The standard InChI is InChI=1S/C20H25N5O/c21-16-5-1-2-6-17(16)25-15-10-13-7-9-23-20(26)19(13)18(11-15)24-14-4-3-8-22-12-14/h3-4,8,10-12,16-17,24-25H,1-2,5-7,9,21H2,(H,23,26)/t16-,17+/m0/s1. The second-order valence-corrected chi connectivity index (χ2v) is 7.13. The first-order valence-corrected chi connectivity index (χ1v) is 9.35. The van der Waals surface area contributed by atoms with Gasteiger partial charge < -0.3 is 21.7 Å². The number of benzene rings is 1. The molecule has 26 heavy (non-hydrogen) atoms. The molecule has 0 unspecified atom stereocenters. The fraction of sp³-hybridized carbons (Fsp3) is 0.400. The van der Waals surface area contributed by atoms with Crippen LogP contribution in [0.4, 0.5) is 17.1 Å². The third-order valence-electron chi connectivity index (χ3n) is 5.24. The first-order valence-electron chi connectivity index (χ1n) is 9.35. The quantitative estimate of drug-likeness (QED) is 0.680. The predicted molar refractivity (Wildman–Crippen MR) is 104 cm³/mol. The zero-order chi connectivity index (χ0) is 17.9. The SMILES string of the molecule is N[C@H]1CCCC[C@H]1Nc1cc2c(c(Nc3cccnc3)c1)C(=O)NCC2. The molecule has 1 aromatic heterocycles. The lowest BCUT2D eigenvalue weighted by Crippen LogP contribution is -2.42. The van der Waals surface area contributed by atoms with Crippen molar-refractivity contribution in [3.05, 3.63) is 47.8 Å². The molecular formula is C20H25N5O. The van der Waals surface area contributed by atoms with E-state index in [2.05, 4.69) is 27.0 Å². The van der Waals surface area contributed by atoms with Gasteiger partial charge in [-0.2, -0.15) is 0 Å². The zero-order valence-corrected chi connectivity index (χ0v) is 14.8. The summed E-state index contributed by atoms with van der Waals surface area (Å²) < 4.78 is 0. The molecule has 2 aromatic rings. The highest BCUT2D eigenvalue weighted by atomic mass is 16.1. The van der Waals surface area contributed by atoms with Crippen molar-refractivity contribution in [1.29, 1.82) is 0 Å². The minimum absolute atomic E-state index is 0.0291. The summed E-state index contributed by atoms with van der Waals surface area (Å²) in [6.07, 6.45) is 8.88. The van der Waals surface area contributed by atoms with Gasteiger partial charge in [-0.3, -0.25) is 9.78 Å². The van der Waals surface area contributed by atoms with Gasteiger partial charge in [-0.25, -0.2) is 0 Å². The number of hydrogen-bond donors (Lipinski definition) is 4. The van der Waals surface area contributed by atoms with Crippen molar-refractivity contribution in [3.63, 3.8) is 0 Å². The Morgan fingerprint density at radius 3 is 2.88 bits per heavy atom. The predicted octanol–water partition coefficient (Wildman–Crippen LogP) is 2.79. The summed E-state index contributed by atoms with van der Waals surface area (Å²) >= 11 is 0. The van der Waals surface area contributed by atoms with Crippen molar-refractivity contribution in [2.24, 2.45) is 5.73 Å². The van der Waals surface area contributed by atoms with Crippen LogP contribution < -0.4 is 21.7 Å². The molecule has 5 N–H and O–H groups in total. The van der Waals surface area contributed by atoms with E-state index >= 15 is 0 Å². The van der Waals surface area contributed by atoms with Crippen molar-refractivity contribution >= 4 is 23.0 Å². The van der Waals surface area contributed by atoms with E-state index in [1.807, 2.05) is 18.2 Å². The van der Waals surface area contributed by atoms with Gasteiger partial charge >= 0.3 is 0 Å². The summed E-state index contributed by atoms with van der Waals surface area (Å²) in [5.74, 6) is -0.0291. The van der Waals surface area contributed by atoms with E-state index in [0.29, 0.717) is 6.54 Å². The van der Waals surface area contributed by atoms with E-state index in [0.717, 1.165) is 47.5 Å². The summed E-state index contributed by atoms with van der Waals surface area (Å²) in [5.41, 5.74) is 10.8. The molecule has 1 saturated carbocycles. The Labute approximate surface area is 153 Å². The number of amides is 1. The number of carbonyl (C=O) groups is 1. The molecule has 1 amide bonds. The van der Waals surface area contributed by atoms with Gasteiger partial charge in [-0.15, -0.1) is 0 Å². The summed E-state index contributed by atoms with van der Waals surface area (Å²) in [6, 6.07) is 8.39. The Morgan fingerprint density at radius 1 is 1.19 bits per heavy atom. The van der Waals surface area contributed by atoms with Crippen LogP contribution in [-0.4, -0.2) is 29.5 Å². The van der Waals surface area contributed by atoms with Gasteiger partial charge in [0.15, 0.2) is 0 Å². The lowest BCUT2D eigenvalue weighted by Gasteiger charge is -2.31. The van der Waals surface area contributed by atoms with Gasteiger partial charge in [0, 0.05) is 30.5 Å². The molecule has 0 bridgehead atoms.